The fourth-order valence-corrected chi connectivity index (χ4v) is 3.67. The molecule has 0 unspecified atom stereocenters. The summed E-state index contributed by atoms with van der Waals surface area (Å²) in [6, 6.07) is 25.1. The van der Waals surface area contributed by atoms with Crippen molar-refractivity contribution in [3.05, 3.63) is 108 Å². The smallest absolute Gasteiger partial charge is 0.226 e. The van der Waals surface area contributed by atoms with E-state index >= 15 is 0 Å². The molecule has 5 rings (SSSR count). The van der Waals surface area contributed by atoms with Crippen LogP contribution in [0.5, 0.6) is 5.75 Å². The summed E-state index contributed by atoms with van der Waals surface area (Å²) in [5, 5.41) is 11.2. The first-order chi connectivity index (χ1) is 14.7. The van der Waals surface area contributed by atoms with E-state index in [-0.39, 0.29) is 6.10 Å². The molecule has 1 aliphatic heterocycles. The van der Waals surface area contributed by atoms with Crippen molar-refractivity contribution in [1.29, 1.82) is 0 Å². The van der Waals surface area contributed by atoms with Crippen LogP contribution in [-0.2, 0) is 0 Å². The summed E-state index contributed by atoms with van der Waals surface area (Å²) in [6.07, 6.45) is 2.97. The van der Waals surface area contributed by atoms with Crippen molar-refractivity contribution >= 4 is 22.7 Å². The molecule has 30 heavy (non-hydrogen) atoms. The van der Waals surface area contributed by atoms with Gasteiger partial charge in [0.25, 0.3) is 0 Å². The Morgan fingerprint density at radius 2 is 1.70 bits per heavy atom. The van der Waals surface area contributed by atoms with Crippen molar-refractivity contribution < 1.29 is 14.3 Å². The summed E-state index contributed by atoms with van der Waals surface area (Å²) in [7, 11) is 0. The molecule has 1 aromatic heterocycles. The lowest BCUT2D eigenvalue weighted by atomic mass is 9.95. The van der Waals surface area contributed by atoms with E-state index in [1.165, 1.54) is 0 Å². The molecule has 0 saturated heterocycles. The molecule has 0 fully saturated rings. The summed E-state index contributed by atoms with van der Waals surface area (Å²) in [6.45, 7) is 2.00. The molecule has 4 heteroatoms. The zero-order valence-corrected chi connectivity index (χ0v) is 16.5. The number of hydrogen-bond donors (Lipinski definition) is 1. The summed E-state index contributed by atoms with van der Waals surface area (Å²) >= 11 is 0. The summed E-state index contributed by atoms with van der Waals surface area (Å²) in [4.78, 5) is 4.63. The number of benzene rings is 3. The van der Waals surface area contributed by atoms with Crippen molar-refractivity contribution in [3.63, 3.8) is 0 Å². The van der Waals surface area contributed by atoms with Crippen LogP contribution in [-0.4, -0.2) is 16.2 Å². The van der Waals surface area contributed by atoms with Crippen LogP contribution in [0.3, 0.4) is 0 Å². The first-order valence-electron chi connectivity index (χ1n) is 9.97. The van der Waals surface area contributed by atoms with Crippen molar-refractivity contribution in [1.82, 2.24) is 4.98 Å². The van der Waals surface area contributed by atoms with Gasteiger partial charge in [-0.3, -0.25) is 0 Å². The van der Waals surface area contributed by atoms with Crippen LogP contribution in [0, 0.1) is 0 Å². The van der Waals surface area contributed by atoms with E-state index in [2.05, 4.69) is 11.1 Å². The minimum Gasteiger partial charge on any atom is -0.485 e. The Balaban J connectivity index is 1.65. The van der Waals surface area contributed by atoms with Crippen LogP contribution in [0.2, 0.25) is 0 Å². The highest BCUT2D eigenvalue weighted by Gasteiger charge is 2.24. The van der Waals surface area contributed by atoms with Crippen molar-refractivity contribution in [2.75, 3.05) is 0 Å². The Bertz CT molecular complexity index is 1220. The van der Waals surface area contributed by atoms with Crippen LogP contribution in [0.15, 0.2) is 94.9 Å². The highest BCUT2D eigenvalue weighted by atomic mass is 16.5. The van der Waals surface area contributed by atoms with Gasteiger partial charge in [0.1, 0.15) is 23.5 Å². The third-order valence-corrected chi connectivity index (χ3v) is 5.29. The molecule has 0 bridgehead atoms. The van der Waals surface area contributed by atoms with Gasteiger partial charge in [-0.15, -0.1) is 0 Å². The van der Waals surface area contributed by atoms with Crippen LogP contribution in [0.25, 0.3) is 22.7 Å². The summed E-state index contributed by atoms with van der Waals surface area (Å²) in [5.41, 5.74) is 4.76. The standard InChI is InChI=1S/C26H21NO3/c1-17-20(15-19-11-5-7-13-23(19)29-17)16-21(25(28)18-9-3-2-4-10-18)26-27-22-12-6-8-14-24(22)30-26/h2-17,25,28H,1H3/b21-16+/t17-,25-/m0/s1. The van der Waals surface area contributed by atoms with Gasteiger partial charge in [0, 0.05) is 11.1 Å². The number of aliphatic hydroxyl groups excluding tert-OH is 1. The molecular weight excluding hydrogens is 374 g/mol. The maximum atomic E-state index is 11.2. The Morgan fingerprint density at radius 1 is 0.967 bits per heavy atom. The molecule has 0 aliphatic carbocycles. The number of hydrogen-bond acceptors (Lipinski definition) is 4. The normalized spacial score (nSPS) is 17.2. The van der Waals surface area contributed by atoms with Gasteiger partial charge >= 0.3 is 0 Å². The molecule has 4 aromatic rings. The average Bonchev–Trinajstić information content (AvgIpc) is 3.21. The average molecular weight is 395 g/mol. The fourth-order valence-electron chi connectivity index (χ4n) is 3.67. The Kier molecular flexibility index (Phi) is 4.69. The second kappa shape index (κ2) is 7.65. The monoisotopic (exact) mass is 395 g/mol. The molecule has 0 spiro atoms. The van der Waals surface area contributed by atoms with Gasteiger partial charge in [0.2, 0.25) is 5.89 Å². The van der Waals surface area contributed by atoms with Gasteiger partial charge in [-0.2, -0.15) is 0 Å². The third-order valence-electron chi connectivity index (χ3n) is 5.29. The largest absolute Gasteiger partial charge is 0.485 e. The van der Waals surface area contributed by atoms with Crippen LogP contribution < -0.4 is 4.74 Å². The highest BCUT2D eigenvalue weighted by Crippen LogP contribution is 2.36. The summed E-state index contributed by atoms with van der Waals surface area (Å²) in [5.74, 6) is 1.26. The second-order valence-electron chi connectivity index (χ2n) is 7.34. The predicted octanol–water partition coefficient (Wildman–Crippen LogP) is 5.81. The third kappa shape index (κ3) is 3.42. The van der Waals surface area contributed by atoms with Gasteiger partial charge in [0.05, 0.1) is 0 Å². The van der Waals surface area contributed by atoms with E-state index in [0.717, 1.165) is 28.0 Å². The Morgan fingerprint density at radius 3 is 2.53 bits per heavy atom. The molecule has 1 N–H and O–H groups in total. The minimum atomic E-state index is -0.885. The molecule has 1 aliphatic rings. The number of oxazole rings is 1. The van der Waals surface area contributed by atoms with E-state index in [0.29, 0.717) is 17.0 Å². The number of para-hydroxylation sites is 3. The van der Waals surface area contributed by atoms with Crippen molar-refractivity contribution in [2.24, 2.45) is 0 Å². The maximum absolute atomic E-state index is 11.2. The van der Waals surface area contributed by atoms with Crippen molar-refractivity contribution in [2.45, 2.75) is 19.1 Å². The van der Waals surface area contributed by atoms with Gasteiger partial charge in [-0.05, 0) is 48.4 Å². The van der Waals surface area contributed by atoms with Gasteiger partial charge in [0.15, 0.2) is 5.58 Å². The fraction of sp³-hybridized carbons (Fsp3) is 0.115. The topological polar surface area (TPSA) is 55.5 Å². The van der Waals surface area contributed by atoms with E-state index < -0.39 is 6.10 Å². The van der Waals surface area contributed by atoms with Crippen LogP contribution >= 0.6 is 0 Å². The van der Waals surface area contributed by atoms with Crippen molar-refractivity contribution in [3.8, 4) is 5.75 Å². The van der Waals surface area contributed by atoms with Gasteiger partial charge < -0.3 is 14.3 Å². The molecular formula is C26H21NO3. The first-order valence-corrected chi connectivity index (χ1v) is 9.97. The lowest BCUT2D eigenvalue weighted by Gasteiger charge is -2.24. The summed E-state index contributed by atoms with van der Waals surface area (Å²) < 4.78 is 12.1. The predicted molar refractivity (Wildman–Crippen MR) is 118 cm³/mol. The molecule has 0 saturated carbocycles. The zero-order valence-electron chi connectivity index (χ0n) is 16.5. The molecule has 2 atom stereocenters. The van der Waals surface area contributed by atoms with Crippen LogP contribution in [0.1, 0.15) is 30.0 Å². The second-order valence-corrected chi connectivity index (χ2v) is 7.34. The molecule has 0 radical (unpaired) electrons. The SMILES string of the molecule is C[C@@H]1Oc2ccccc2C=C1/C=C(/c1nc2ccccc2o1)[C@@H](O)c1ccccc1. The first kappa shape index (κ1) is 18.4. The minimum absolute atomic E-state index is 0.165. The molecule has 0 amide bonds. The number of ether oxygens (including phenoxy) is 1. The maximum Gasteiger partial charge on any atom is 0.226 e. The lowest BCUT2D eigenvalue weighted by molar-refractivity contribution is 0.234. The highest BCUT2D eigenvalue weighted by molar-refractivity contribution is 5.79. The molecule has 2 heterocycles. The molecule has 3 aromatic carbocycles. The van der Waals surface area contributed by atoms with Crippen LogP contribution in [0.4, 0.5) is 0 Å². The molecule has 148 valence electrons. The van der Waals surface area contributed by atoms with E-state index in [1.807, 2.05) is 91.9 Å². The quantitative estimate of drug-likeness (QED) is 0.474. The number of aromatic nitrogens is 1. The Labute approximate surface area is 174 Å². The number of aliphatic hydroxyl groups is 1. The number of rotatable bonds is 4. The number of nitrogens with zero attached hydrogens (tertiary/aromatic N) is 1. The van der Waals surface area contributed by atoms with Gasteiger partial charge in [-0.25, -0.2) is 4.98 Å². The van der Waals surface area contributed by atoms with Gasteiger partial charge in [-0.1, -0.05) is 60.7 Å². The lowest BCUT2D eigenvalue weighted by Crippen LogP contribution is -2.18. The Hall–Kier alpha value is -3.63. The van der Waals surface area contributed by atoms with E-state index in [4.69, 9.17) is 9.15 Å². The van der Waals surface area contributed by atoms with E-state index in [9.17, 15) is 5.11 Å². The van der Waals surface area contributed by atoms with E-state index in [1.54, 1.807) is 0 Å². The zero-order chi connectivity index (χ0) is 20.5. The molecule has 4 nitrogen and oxygen atoms in total. The number of fused-ring (bicyclic) bond motifs is 2.